The van der Waals surface area contributed by atoms with Crippen molar-refractivity contribution in [1.82, 2.24) is 30.1 Å². The Kier molecular flexibility index (Phi) is 5.45. The first kappa shape index (κ1) is 21.9. The number of carbonyl (C=O) groups is 3. The molecule has 170 valence electrons. The quantitative estimate of drug-likeness (QED) is 0.308. The number of benzene rings is 2. The van der Waals surface area contributed by atoms with Crippen molar-refractivity contribution in [3.05, 3.63) is 86.5 Å². The SMILES string of the molecule is Cc1[nH]c(-c2nnn(CCN3C(=O)c4ccccc4C3=O)n2)c(C)c1C(=O)c1cccc(Br)c1. The zero-order chi connectivity index (χ0) is 24.0. The standard InChI is InChI=1S/C24H19BrN6O3/c1-13-19(21(32)15-6-5-7-16(25)12-15)14(2)26-20(13)22-27-29-31(28-22)11-10-30-23(33)17-8-3-4-9-18(17)24(30)34/h3-9,12,26H,10-11H2,1-2H3. The number of rotatable bonds is 6. The van der Waals surface area contributed by atoms with Crippen LogP contribution in [0, 0.1) is 13.8 Å². The molecule has 0 bridgehead atoms. The molecule has 0 unspecified atom stereocenters. The van der Waals surface area contributed by atoms with Crippen LogP contribution in [0.15, 0.2) is 53.0 Å². The topological polar surface area (TPSA) is 114 Å². The minimum atomic E-state index is -0.326. The van der Waals surface area contributed by atoms with Gasteiger partial charge in [0.15, 0.2) is 5.78 Å². The summed E-state index contributed by atoms with van der Waals surface area (Å²) < 4.78 is 0.826. The Morgan fingerprint density at radius 2 is 1.71 bits per heavy atom. The molecule has 2 amide bonds. The van der Waals surface area contributed by atoms with E-state index >= 15 is 0 Å². The van der Waals surface area contributed by atoms with Gasteiger partial charge in [-0.2, -0.15) is 4.80 Å². The molecule has 0 saturated carbocycles. The van der Waals surface area contributed by atoms with E-state index in [0.717, 1.165) is 10.0 Å². The average Bonchev–Trinajstić information content (AvgIpc) is 3.48. The number of halogens is 1. The third-order valence-electron chi connectivity index (χ3n) is 5.83. The summed E-state index contributed by atoms with van der Waals surface area (Å²) in [6.45, 7) is 3.98. The fourth-order valence-corrected chi connectivity index (χ4v) is 4.56. The van der Waals surface area contributed by atoms with Crippen LogP contribution in [0.25, 0.3) is 11.5 Å². The van der Waals surface area contributed by atoms with Gasteiger partial charge in [0.2, 0.25) is 5.82 Å². The zero-order valence-corrected chi connectivity index (χ0v) is 20.0. The first-order valence-corrected chi connectivity index (χ1v) is 11.4. The van der Waals surface area contributed by atoms with Crippen LogP contribution in [0.3, 0.4) is 0 Å². The molecule has 0 saturated heterocycles. The highest BCUT2D eigenvalue weighted by molar-refractivity contribution is 9.10. The molecule has 0 aliphatic carbocycles. The van der Waals surface area contributed by atoms with Gasteiger partial charge >= 0.3 is 0 Å². The monoisotopic (exact) mass is 518 g/mol. The maximum Gasteiger partial charge on any atom is 0.261 e. The summed E-state index contributed by atoms with van der Waals surface area (Å²) in [6, 6.07) is 14.0. The number of hydrogen-bond donors (Lipinski definition) is 1. The number of nitrogens with one attached hydrogen (secondary N) is 1. The number of amides is 2. The van der Waals surface area contributed by atoms with E-state index in [2.05, 4.69) is 36.3 Å². The molecule has 1 aliphatic heterocycles. The molecule has 1 aliphatic rings. The number of fused-ring (bicyclic) bond motifs is 1. The first-order chi connectivity index (χ1) is 16.3. The van der Waals surface area contributed by atoms with Crippen molar-refractivity contribution in [2.75, 3.05) is 6.54 Å². The van der Waals surface area contributed by atoms with Crippen molar-refractivity contribution in [2.24, 2.45) is 0 Å². The molecule has 9 nitrogen and oxygen atoms in total. The Balaban J connectivity index is 1.35. The van der Waals surface area contributed by atoms with Crippen molar-refractivity contribution in [3.63, 3.8) is 0 Å². The van der Waals surface area contributed by atoms with E-state index in [1.54, 1.807) is 36.4 Å². The number of ketones is 1. The van der Waals surface area contributed by atoms with Crippen molar-refractivity contribution < 1.29 is 14.4 Å². The average molecular weight is 519 g/mol. The van der Waals surface area contributed by atoms with Gasteiger partial charge in [-0.15, -0.1) is 10.2 Å². The van der Waals surface area contributed by atoms with Gasteiger partial charge < -0.3 is 4.98 Å². The Bertz CT molecular complexity index is 1440. The maximum absolute atomic E-state index is 13.1. The molecule has 3 heterocycles. The number of tetrazole rings is 1. The Hall–Kier alpha value is -3.92. The van der Waals surface area contributed by atoms with Crippen LogP contribution in [0.4, 0.5) is 0 Å². The molecule has 2 aromatic carbocycles. The molecular formula is C24H19BrN6O3. The number of carbonyl (C=O) groups excluding carboxylic acids is 3. The van der Waals surface area contributed by atoms with Gasteiger partial charge in [-0.3, -0.25) is 19.3 Å². The summed E-state index contributed by atoms with van der Waals surface area (Å²) in [6.07, 6.45) is 0. The Labute approximate surface area is 202 Å². The summed E-state index contributed by atoms with van der Waals surface area (Å²) >= 11 is 3.40. The van der Waals surface area contributed by atoms with Crippen LogP contribution in [-0.2, 0) is 6.54 Å². The van der Waals surface area contributed by atoms with E-state index in [1.807, 2.05) is 26.0 Å². The summed E-state index contributed by atoms with van der Waals surface area (Å²) in [5.74, 6) is -0.423. The van der Waals surface area contributed by atoms with E-state index in [0.29, 0.717) is 39.5 Å². The minimum Gasteiger partial charge on any atom is -0.355 e. The summed E-state index contributed by atoms with van der Waals surface area (Å²) in [5.41, 5.74) is 3.98. The van der Waals surface area contributed by atoms with E-state index in [-0.39, 0.29) is 30.7 Å². The van der Waals surface area contributed by atoms with Crippen LogP contribution >= 0.6 is 15.9 Å². The minimum absolute atomic E-state index is 0.100. The molecule has 0 radical (unpaired) electrons. The van der Waals surface area contributed by atoms with Crippen molar-refractivity contribution in [3.8, 4) is 11.5 Å². The third-order valence-corrected chi connectivity index (χ3v) is 6.32. The van der Waals surface area contributed by atoms with Crippen LogP contribution in [0.1, 0.15) is 47.9 Å². The number of hydrogen-bond acceptors (Lipinski definition) is 6. The molecule has 0 spiro atoms. The van der Waals surface area contributed by atoms with Crippen LogP contribution < -0.4 is 0 Å². The normalized spacial score (nSPS) is 13.0. The fraction of sp³-hybridized carbons (Fsp3) is 0.167. The van der Waals surface area contributed by atoms with Crippen molar-refractivity contribution in [2.45, 2.75) is 20.4 Å². The lowest BCUT2D eigenvalue weighted by Gasteiger charge is -2.12. The van der Waals surface area contributed by atoms with Crippen molar-refractivity contribution >= 4 is 33.5 Å². The number of imide groups is 1. The van der Waals surface area contributed by atoms with E-state index < -0.39 is 0 Å². The molecule has 0 fully saturated rings. The predicted molar refractivity (Wildman–Crippen MR) is 126 cm³/mol. The second-order valence-electron chi connectivity index (χ2n) is 7.98. The van der Waals surface area contributed by atoms with Crippen molar-refractivity contribution in [1.29, 1.82) is 0 Å². The summed E-state index contributed by atoms with van der Waals surface area (Å²) in [4.78, 5) is 43.9. The van der Waals surface area contributed by atoms with Crippen LogP contribution in [0.2, 0.25) is 0 Å². The molecule has 10 heteroatoms. The molecule has 2 aromatic heterocycles. The van der Waals surface area contributed by atoms with Crippen LogP contribution in [0.5, 0.6) is 0 Å². The highest BCUT2D eigenvalue weighted by Crippen LogP contribution is 2.28. The molecule has 5 rings (SSSR count). The third kappa shape index (κ3) is 3.65. The largest absolute Gasteiger partial charge is 0.355 e. The van der Waals surface area contributed by atoms with Gasteiger partial charge in [0, 0.05) is 21.3 Å². The Morgan fingerprint density at radius 3 is 2.38 bits per heavy atom. The molecular weight excluding hydrogens is 500 g/mol. The van der Waals surface area contributed by atoms with E-state index in [1.165, 1.54) is 9.70 Å². The summed E-state index contributed by atoms with van der Waals surface area (Å²) in [7, 11) is 0. The summed E-state index contributed by atoms with van der Waals surface area (Å²) in [5, 5.41) is 12.6. The van der Waals surface area contributed by atoms with Gasteiger partial charge in [0.05, 0.1) is 29.9 Å². The molecule has 4 aromatic rings. The van der Waals surface area contributed by atoms with Gasteiger partial charge in [0.25, 0.3) is 11.8 Å². The van der Waals surface area contributed by atoms with E-state index in [4.69, 9.17) is 0 Å². The lowest BCUT2D eigenvalue weighted by atomic mass is 9.99. The Morgan fingerprint density at radius 1 is 1.00 bits per heavy atom. The second kappa shape index (κ2) is 8.45. The number of nitrogens with zero attached hydrogens (tertiary/aromatic N) is 5. The fourth-order valence-electron chi connectivity index (χ4n) is 4.16. The predicted octanol–water partition coefficient (Wildman–Crippen LogP) is 3.57. The van der Waals surface area contributed by atoms with E-state index in [9.17, 15) is 14.4 Å². The lowest BCUT2D eigenvalue weighted by Crippen LogP contribution is -2.33. The maximum atomic E-state index is 13.1. The smallest absolute Gasteiger partial charge is 0.261 e. The van der Waals surface area contributed by atoms with Gasteiger partial charge in [0.1, 0.15) is 0 Å². The van der Waals surface area contributed by atoms with Crippen LogP contribution in [-0.4, -0.2) is 54.2 Å². The highest BCUT2D eigenvalue weighted by Gasteiger charge is 2.34. The van der Waals surface area contributed by atoms with Gasteiger partial charge in [-0.05, 0) is 48.9 Å². The first-order valence-electron chi connectivity index (χ1n) is 10.6. The van der Waals surface area contributed by atoms with Gasteiger partial charge in [-0.25, -0.2) is 0 Å². The molecule has 34 heavy (non-hydrogen) atoms. The van der Waals surface area contributed by atoms with Gasteiger partial charge in [-0.1, -0.05) is 40.2 Å². The second-order valence-corrected chi connectivity index (χ2v) is 8.90. The number of aromatic amines is 1. The number of aromatic nitrogens is 5. The lowest BCUT2D eigenvalue weighted by molar-refractivity contribution is 0.0645. The zero-order valence-electron chi connectivity index (χ0n) is 18.4. The molecule has 1 N–H and O–H groups in total. The number of H-pyrrole nitrogens is 1. The highest BCUT2D eigenvalue weighted by atomic mass is 79.9. The molecule has 0 atom stereocenters. The number of aryl methyl sites for hydroxylation is 1.